The second-order valence-corrected chi connectivity index (χ2v) is 3.95. The van der Waals surface area contributed by atoms with Gasteiger partial charge in [0.05, 0.1) is 11.3 Å². The standard InChI is InChI=1S/C10H14N2O/c1-6-9-8(12-7(2)11-6)4-5-10(9,3)13/h13H,4-5H2,1-3H3. The molecule has 1 aliphatic carbocycles. The van der Waals surface area contributed by atoms with Gasteiger partial charge in [-0.25, -0.2) is 9.97 Å². The minimum absolute atomic E-state index is 0.715. The number of aryl methyl sites for hydroxylation is 3. The summed E-state index contributed by atoms with van der Waals surface area (Å²) in [6.45, 7) is 5.66. The van der Waals surface area contributed by atoms with Crippen molar-refractivity contribution in [2.45, 2.75) is 39.2 Å². The lowest BCUT2D eigenvalue weighted by atomic mass is 9.98. The number of aromatic nitrogens is 2. The molecule has 0 spiro atoms. The van der Waals surface area contributed by atoms with Gasteiger partial charge in [0.2, 0.25) is 0 Å². The van der Waals surface area contributed by atoms with Gasteiger partial charge in [0.1, 0.15) is 5.82 Å². The summed E-state index contributed by atoms with van der Waals surface area (Å²) >= 11 is 0. The summed E-state index contributed by atoms with van der Waals surface area (Å²) in [5.74, 6) is 0.800. The quantitative estimate of drug-likeness (QED) is 0.650. The Morgan fingerprint density at radius 2 is 2.00 bits per heavy atom. The molecule has 1 heterocycles. The maximum Gasteiger partial charge on any atom is 0.125 e. The molecule has 1 aliphatic rings. The molecule has 0 bridgehead atoms. The summed E-state index contributed by atoms with van der Waals surface area (Å²) in [4.78, 5) is 8.61. The number of rotatable bonds is 0. The third kappa shape index (κ3) is 1.23. The molecule has 3 heteroatoms. The van der Waals surface area contributed by atoms with Crippen LogP contribution in [0.5, 0.6) is 0 Å². The Balaban J connectivity index is 2.65. The summed E-state index contributed by atoms with van der Waals surface area (Å²) in [6, 6.07) is 0. The van der Waals surface area contributed by atoms with Crippen LogP contribution in [0.2, 0.25) is 0 Å². The predicted molar refractivity (Wildman–Crippen MR) is 49.4 cm³/mol. The lowest BCUT2D eigenvalue weighted by molar-refractivity contribution is 0.0585. The van der Waals surface area contributed by atoms with E-state index >= 15 is 0 Å². The summed E-state index contributed by atoms with van der Waals surface area (Å²) in [5.41, 5.74) is 2.17. The fourth-order valence-corrected chi connectivity index (χ4v) is 2.15. The molecule has 3 nitrogen and oxygen atoms in total. The highest BCUT2D eigenvalue weighted by Crippen LogP contribution is 2.36. The third-order valence-electron chi connectivity index (χ3n) is 2.66. The molecule has 0 fully saturated rings. The van der Waals surface area contributed by atoms with E-state index in [0.717, 1.165) is 35.6 Å². The van der Waals surface area contributed by atoms with E-state index in [9.17, 15) is 5.11 Å². The second-order valence-electron chi connectivity index (χ2n) is 3.95. The Bertz CT molecular complexity index is 358. The Hall–Kier alpha value is -0.960. The molecule has 0 saturated heterocycles. The van der Waals surface area contributed by atoms with Crippen LogP contribution in [0.3, 0.4) is 0 Å². The van der Waals surface area contributed by atoms with E-state index in [1.165, 1.54) is 0 Å². The van der Waals surface area contributed by atoms with Crippen molar-refractivity contribution >= 4 is 0 Å². The fraction of sp³-hybridized carbons (Fsp3) is 0.600. The number of hydrogen-bond donors (Lipinski definition) is 1. The van der Waals surface area contributed by atoms with Crippen LogP contribution in [0, 0.1) is 13.8 Å². The molecule has 13 heavy (non-hydrogen) atoms. The largest absolute Gasteiger partial charge is 0.385 e. The first kappa shape index (κ1) is 8.63. The number of hydrogen-bond acceptors (Lipinski definition) is 3. The van der Waals surface area contributed by atoms with Gasteiger partial charge in [0, 0.05) is 11.3 Å². The van der Waals surface area contributed by atoms with E-state index in [1.54, 1.807) is 0 Å². The van der Waals surface area contributed by atoms with Gasteiger partial charge in [-0.15, -0.1) is 0 Å². The highest BCUT2D eigenvalue weighted by molar-refractivity contribution is 5.35. The van der Waals surface area contributed by atoms with Crippen LogP contribution in [0.4, 0.5) is 0 Å². The highest BCUT2D eigenvalue weighted by Gasteiger charge is 2.35. The molecule has 1 unspecified atom stereocenters. The van der Waals surface area contributed by atoms with Crippen LogP contribution in [-0.4, -0.2) is 15.1 Å². The number of fused-ring (bicyclic) bond motifs is 1. The van der Waals surface area contributed by atoms with E-state index < -0.39 is 5.60 Å². The van der Waals surface area contributed by atoms with Gasteiger partial charge < -0.3 is 5.11 Å². The summed E-state index contributed by atoms with van der Waals surface area (Å²) in [6.07, 6.45) is 1.63. The smallest absolute Gasteiger partial charge is 0.125 e. The molecule has 1 N–H and O–H groups in total. The molecular formula is C10H14N2O. The molecule has 0 aromatic carbocycles. The minimum Gasteiger partial charge on any atom is -0.385 e. The summed E-state index contributed by atoms with van der Waals surface area (Å²) in [7, 11) is 0. The normalized spacial score (nSPS) is 26.2. The van der Waals surface area contributed by atoms with Crippen LogP contribution in [0.25, 0.3) is 0 Å². The molecule has 0 radical (unpaired) electrons. The maximum atomic E-state index is 10.0. The first-order valence-corrected chi connectivity index (χ1v) is 4.58. The Labute approximate surface area is 77.8 Å². The van der Waals surface area contributed by atoms with Crippen molar-refractivity contribution in [2.24, 2.45) is 0 Å². The molecule has 0 amide bonds. The maximum absolute atomic E-state index is 10.0. The monoisotopic (exact) mass is 178 g/mol. The second kappa shape index (κ2) is 2.51. The van der Waals surface area contributed by atoms with Crippen LogP contribution < -0.4 is 0 Å². The predicted octanol–water partition coefficient (Wildman–Crippen LogP) is 1.25. The van der Waals surface area contributed by atoms with Gasteiger partial charge in [-0.3, -0.25) is 0 Å². The van der Waals surface area contributed by atoms with Crippen molar-refractivity contribution in [2.75, 3.05) is 0 Å². The zero-order valence-electron chi connectivity index (χ0n) is 8.26. The van der Waals surface area contributed by atoms with Crippen LogP contribution >= 0.6 is 0 Å². The van der Waals surface area contributed by atoms with Gasteiger partial charge in [-0.1, -0.05) is 0 Å². The Morgan fingerprint density at radius 1 is 1.31 bits per heavy atom. The SMILES string of the molecule is Cc1nc(C)c2c(n1)CCC2(C)O. The number of aliphatic hydroxyl groups is 1. The third-order valence-corrected chi connectivity index (χ3v) is 2.66. The van der Waals surface area contributed by atoms with Crippen molar-refractivity contribution in [3.05, 3.63) is 22.8 Å². The zero-order valence-corrected chi connectivity index (χ0v) is 8.26. The number of nitrogens with zero attached hydrogens (tertiary/aromatic N) is 2. The average Bonchev–Trinajstić information content (AvgIpc) is 2.26. The average molecular weight is 178 g/mol. The van der Waals surface area contributed by atoms with Crippen molar-refractivity contribution in [1.29, 1.82) is 0 Å². The lowest BCUT2D eigenvalue weighted by Gasteiger charge is -2.18. The van der Waals surface area contributed by atoms with E-state index in [1.807, 2.05) is 20.8 Å². The van der Waals surface area contributed by atoms with Gasteiger partial charge in [-0.05, 0) is 33.6 Å². The molecule has 0 saturated carbocycles. The van der Waals surface area contributed by atoms with Gasteiger partial charge in [0.15, 0.2) is 0 Å². The van der Waals surface area contributed by atoms with Crippen molar-refractivity contribution in [1.82, 2.24) is 9.97 Å². The van der Waals surface area contributed by atoms with Gasteiger partial charge in [0.25, 0.3) is 0 Å². The van der Waals surface area contributed by atoms with Crippen LogP contribution in [0.15, 0.2) is 0 Å². The van der Waals surface area contributed by atoms with Gasteiger partial charge >= 0.3 is 0 Å². The first-order valence-electron chi connectivity index (χ1n) is 4.58. The molecule has 1 atom stereocenters. The first-order chi connectivity index (χ1) is 6.00. The molecule has 70 valence electrons. The molecule has 2 rings (SSSR count). The van der Waals surface area contributed by atoms with E-state index in [4.69, 9.17) is 0 Å². The van der Waals surface area contributed by atoms with Gasteiger partial charge in [-0.2, -0.15) is 0 Å². The van der Waals surface area contributed by atoms with Crippen LogP contribution in [-0.2, 0) is 12.0 Å². The van der Waals surface area contributed by atoms with E-state index in [0.29, 0.717) is 0 Å². The molecular weight excluding hydrogens is 164 g/mol. The zero-order chi connectivity index (χ0) is 9.64. The Kier molecular flexibility index (Phi) is 1.67. The van der Waals surface area contributed by atoms with Crippen LogP contribution in [0.1, 0.15) is 36.1 Å². The molecule has 1 aromatic rings. The van der Waals surface area contributed by atoms with Crippen molar-refractivity contribution in [3.8, 4) is 0 Å². The highest BCUT2D eigenvalue weighted by atomic mass is 16.3. The minimum atomic E-state index is -0.715. The van der Waals surface area contributed by atoms with E-state index in [2.05, 4.69) is 9.97 Å². The van der Waals surface area contributed by atoms with Crippen molar-refractivity contribution < 1.29 is 5.11 Å². The lowest BCUT2D eigenvalue weighted by Crippen LogP contribution is -2.19. The molecule has 1 aromatic heterocycles. The van der Waals surface area contributed by atoms with Crippen molar-refractivity contribution in [3.63, 3.8) is 0 Å². The topological polar surface area (TPSA) is 46.0 Å². The Morgan fingerprint density at radius 3 is 2.69 bits per heavy atom. The van der Waals surface area contributed by atoms with E-state index in [-0.39, 0.29) is 0 Å². The fourth-order valence-electron chi connectivity index (χ4n) is 2.15. The summed E-state index contributed by atoms with van der Waals surface area (Å²) < 4.78 is 0. The molecule has 0 aliphatic heterocycles. The summed E-state index contributed by atoms with van der Waals surface area (Å²) in [5, 5.41) is 10.0.